The van der Waals surface area contributed by atoms with Gasteiger partial charge in [-0.05, 0) is 31.6 Å². The van der Waals surface area contributed by atoms with Crippen LogP contribution in [0.3, 0.4) is 0 Å². The van der Waals surface area contributed by atoms with E-state index in [-0.39, 0.29) is 11.7 Å². The minimum Gasteiger partial charge on any atom is -0.372 e. The highest BCUT2D eigenvalue weighted by Gasteiger charge is 2.59. The molecule has 1 heterocycles. The largest absolute Gasteiger partial charge is 0.372 e. The normalized spacial score (nSPS) is 33.1. The van der Waals surface area contributed by atoms with Gasteiger partial charge in [-0.1, -0.05) is 27.7 Å². The van der Waals surface area contributed by atoms with Gasteiger partial charge in [-0.25, -0.2) is 4.67 Å². The molecule has 5 atom stereocenters. The smallest absolute Gasteiger partial charge is 0.259 e. The van der Waals surface area contributed by atoms with Crippen LogP contribution >= 0.6 is 8.53 Å². The lowest BCUT2D eigenvalue weighted by molar-refractivity contribution is -0.0611. The number of hydrogen-bond acceptors (Lipinski definition) is 5. The monoisotopic (exact) mass is 356 g/mol. The van der Waals surface area contributed by atoms with Gasteiger partial charge in [0.25, 0.3) is 8.53 Å². The molecule has 2 bridgehead atoms. The van der Waals surface area contributed by atoms with Crippen molar-refractivity contribution in [2.75, 3.05) is 26.3 Å². The van der Waals surface area contributed by atoms with Gasteiger partial charge >= 0.3 is 0 Å². The first-order valence-corrected chi connectivity index (χ1v) is 10.6. The van der Waals surface area contributed by atoms with Crippen molar-refractivity contribution in [2.24, 2.45) is 11.8 Å². The number of nitriles is 1. The summed E-state index contributed by atoms with van der Waals surface area (Å²) in [5.74, 6) is 1.12. The van der Waals surface area contributed by atoms with Crippen LogP contribution in [0.5, 0.6) is 0 Å². The average Bonchev–Trinajstić information content (AvgIpc) is 3.05. The molecule has 0 amide bonds. The number of ether oxygens (including phenoxy) is 1. The molecule has 0 radical (unpaired) electrons. The maximum absolute atomic E-state index is 8.82. The van der Waals surface area contributed by atoms with Crippen LogP contribution in [0.25, 0.3) is 0 Å². The molecule has 1 unspecified atom stereocenters. The molecule has 1 saturated heterocycles. The molecule has 0 spiro atoms. The Morgan fingerprint density at radius 1 is 1.29 bits per heavy atom. The lowest BCUT2D eigenvalue weighted by atomic mass is 9.96. The molecule has 1 saturated carbocycles. The van der Waals surface area contributed by atoms with E-state index >= 15 is 0 Å². The first-order valence-electron chi connectivity index (χ1n) is 9.47. The van der Waals surface area contributed by atoms with Gasteiger partial charge < -0.3 is 13.8 Å². The fraction of sp³-hybridized carbons (Fsp3) is 0.944. The third kappa shape index (κ3) is 4.29. The number of rotatable bonds is 11. The van der Waals surface area contributed by atoms with Gasteiger partial charge in [-0.2, -0.15) is 5.26 Å². The average molecular weight is 356 g/mol. The Bertz CT molecular complexity index is 425. The second-order valence-electron chi connectivity index (χ2n) is 7.03. The van der Waals surface area contributed by atoms with E-state index in [2.05, 4.69) is 38.4 Å². The predicted molar refractivity (Wildman–Crippen MR) is 96.4 cm³/mol. The van der Waals surface area contributed by atoms with Crippen LogP contribution < -0.4 is 0 Å². The Balaban J connectivity index is 2.10. The quantitative estimate of drug-likeness (QED) is 0.403. The summed E-state index contributed by atoms with van der Waals surface area (Å²) in [7, 11) is -1.13. The summed E-state index contributed by atoms with van der Waals surface area (Å²) in [5.41, 5.74) is -0.132. The molecule has 2 aliphatic rings. The van der Waals surface area contributed by atoms with E-state index in [9.17, 15) is 0 Å². The van der Waals surface area contributed by atoms with Gasteiger partial charge in [0.1, 0.15) is 0 Å². The fourth-order valence-corrected chi connectivity index (χ4v) is 5.89. The third-order valence-electron chi connectivity index (χ3n) is 5.28. The van der Waals surface area contributed by atoms with Crippen LogP contribution in [0, 0.1) is 23.2 Å². The highest BCUT2D eigenvalue weighted by Crippen LogP contribution is 2.57. The second-order valence-corrected chi connectivity index (χ2v) is 8.54. The van der Waals surface area contributed by atoms with Gasteiger partial charge in [0.15, 0.2) is 0 Å². The number of fused-ring (bicyclic) bond motifs is 2. The minimum atomic E-state index is -1.13. The highest BCUT2D eigenvalue weighted by molar-refractivity contribution is 7.44. The van der Waals surface area contributed by atoms with Crippen molar-refractivity contribution in [3.63, 3.8) is 0 Å². The van der Waals surface area contributed by atoms with Gasteiger partial charge in [-0.3, -0.25) is 0 Å². The molecule has 0 aromatic heterocycles. The summed E-state index contributed by atoms with van der Waals surface area (Å²) < 4.78 is 21.2. The zero-order valence-corrected chi connectivity index (χ0v) is 16.6. The molecular formula is C18H33N2O3P. The molecule has 0 aromatic rings. The topological polar surface area (TPSA) is 54.7 Å². The van der Waals surface area contributed by atoms with Crippen molar-refractivity contribution in [1.82, 2.24) is 4.67 Å². The Morgan fingerprint density at radius 2 is 2.00 bits per heavy atom. The molecule has 2 rings (SSSR count). The van der Waals surface area contributed by atoms with Crippen LogP contribution in [0.15, 0.2) is 0 Å². The third-order valence-corrected chi connectivity index (χ3v) is 6.95. The van der Waals surface area contributed by atoms with E-state index in [0.717, 1.165) is 45.4 Å². The Labute approximate surface area is 148 Å². The van der Waals surface area contributed by atoms with E-state index < -0.39 is 8.53 Å². The summed E-state index contributed by atoms with van der Waals surface area (Å²) >= 11 is 0. The first kappa shape index (κ1) is 20.1. The van der Waals surface area contributed by atoms with Crippen LogP contribution in [-0.4, -0.2) is 42.7 Å². The first-order chi connectivity index (χ1) is 11.6. The Hall–Kier alpha value is -0.240. The molecule has 2 fully saturated rings. The van der Waals surface area contributed by atoms with Crippen molar-refractivity contribution in [3.05, 3.63) is 0 Å². The summed E-state index contributed by atoms with van der Waals surface area (Å²) in [6, 6.07) is 2.16. The molecular weight excluding hydrogens is 323 g/mol. The van der Waals surface area contributed by atoms with Gasteiger partial charge in [0, 0.05) is 19.0 Å². The lowest BCUT2D eigenvalue weighted by Crippen LogP contribution is -2.38. The minimum absolute atomic E-state index is 0.127. The molecule has 0 N–H and O–H groups in total. The summed E-state index contributed by atoms with van der Waals surface area (Å²) in [6.07, 6.45) is 4.76. The van der Waals surface area contributed by atoms with Crippen LogP contribution in [0.4, 0.5) is 0 Å². The fourth-order valence-electron chi connectivity index (χ4n) is 4.01. The molecule has 138 valence electrons. The number of nitrogens with zero attached hydrogens (tertiary/aromatic N) is 2. The van der Waals surface area contributed by atoms with Gasteiger partial charge in [-0.15, -0.1) is 0 Å². The predicted octanol–water partition coefficient (Wildman–Crippen LogP) is 4.49. The van der Waals surface area contributed by atoms with Crippen molar-refractivity contribution in [1.29, 1.82) is 5.26 Å². The van der Waals surface area contributed by atoms with Gasteiger partial charge in [0.05, 0.1) is 37.4 Å². The summed E-state index contributed by atoms with van der Waals surface area (Å²) in [5, 5.41) is 8.82. The van der Waals surface area contributed by atoms with Crippen molar-refractivity contribution in [3.8, 4) is 6.07 Å². The molecule has 0 aromatic carbocycles. The molecule has 1 aliphatic heterocycles. The maximum Gasteiger partial charge on any atom is 0.259 e. The van der Waals surface area contributed by atoms with Crippen LogP contribution in [0.2, 0.25) is 0 Å². The van der Waals surface area contributed by atoms with Gasteiger partial charge in [0.2, 0.25) is 0 Å². The standard InChI is InChI=1S/C18H33N2O3P/c1-5-10-20(11-6-2)24(22-12-8-9-19)23-17-16-14-21-18(17,7-3)13-15(16)4/h15-17H,5-8,10-14H2,1-4H3/t15-,16+,17+,18+,24?/m1/s1. The van der Waals surface area contributed by atoms with Crippen molar-refractivity contribution in [2.45, 2.75) is 71.5 Å². The SMILES string of the molecule is CCCN(CCC)P(OCCC#N)O[C@H]1[C@H]2CO[C@@]1(CC)C[C@H]2C. The second kappa shape index (κ2) is 9.46. The molecule has 1 aliphatic carbocycles. The zero-order valence-electron chi connectivity index (χ0n) is 15.7. The highest BCUT2D eigenvalue weighted by atomic mass is 31.2. The van der Waals surface area contributed by atoms with E-state index in [1.165, 1.54) is 0 Å². The Morgan fingerprint density at radius 3 is 2.54 bits per heavy atom. The van der Waals surface area contributed by atoms with E-state index in [4.69, 9.17) is 19.0 Å². The van der Waals surface area contributed by atoms with Crippen LogP contribution in [-0.2, 0) is 13.8 Å². The van der Waals surface area contributed by atoms with Crippen molar-refractivity contribution < 1.29 is 13.8 Å². The summed E-state index contributed by atoms with van der Waals surface area (Å²) in [6.45, 7) is 12.1. The van der Waals surface area contributed by atoms with E-state index in [1.807, 2.05) is 0 Å². The van der Waals surface area contributed by atoms with E-state index in [1.54, 1.807) is 0 Å². The molecule has 5 nitrogen and oxygen atoms in total. The van der Waals surface area contributed by atoms with Crippen molar-refractivity contribution >= 4 is 8.53 Å². The molecule has 6 heteroatoms. The van der Waals surface area contributed by atoms with E-state index in [0.29, 0.717) is 24.9 Å². The maximum atomic E-state index is 8.82. The van der Waals surface area contributed by atoms with Crippen LogP contribution in [0.1, 0.15) is 59.8 Å². The zero-order chi connectivity index (χ0) is 17.6. The summed E-state index contributed by atoms with van der Waals surface area (Å²) in [4.78, 5) is 0. The lowest BCUT2D eigenvalue weighted by Gasteiger charge is -2.35. The molecule has 24 heavy (non-hydrogen) atoms. The Kier molecular flexibility index (Phi) is 7.91. The number of hydrogen-bond donors (Lipinski definition) is 0.